The monoisotopic (exact) mass is 258 g/mol. The van der Waals surface area contributed by atoms with Crippen molar-refractivity contribution in [3.63, 3.8) is 0 Å². The molecule has 4 heteroatoms. The number of hydrogen-bond acceptors (Lipinski definition) is 4. The van der Waals surface area contributed by atoms with Crippen molar-refractivity contribution in [2.24, 2.45) is 17.8 Å². The van der Waals surface area contributed by atoms with Crippen LogP contribution in [0.15, 0.2) is 0 Å². The molecule has 4 nitrogen and oxygen atoms in total. The highest BCUT2D eigenvalue weighted by molar-refractivity contribution is 5.70. The summed E-state index contributed by atoms with van der Waals surface area (Å²) in [7, 11) is 0. The van der Waals surface area contributed by atoms with Crippen molar-refractivity contribution in [3.05, 3.63) is 0 Å². The molecule has 3 atom stereocenters. The second-order valence-corrected chi connectivity index (χ2v) is 5.63. The molecular weight excluding hydrogens is 232 g/mol. The highest BCUT2D eigenvalue weighted by atomic mass is 16.6. The van der Waals surface area contributed by atoms with Gasteiger partial charge in [0.15, 0.2) is 0 Å². The molecule has 1 fully saturated rings. The van der Waals surface area contributed by atoms with E-state index in [4.69, 9.17) is 14.6 Å². The van der Waals surface area contributed by atoms with Crippen LogP contribution < -0.4 is 0 Å². The van der Waals surface area contributed by atoms with Gasteiger partial charge in [-0.2, -0.15) is 0 Å². The Kier molecular flexibility index (Phi) is 6.65. The highest BCUT2D eigenvalue weighted by Gasteiger charge is 2.33. The topological polar surface area (TPSA) is 55.8 Å². The van der Waals surface area contributed by atoms with Crippen molar-refractivity contribution >= 4 is 5.97 Å². The number of aliphatic hydroxyl groups excluding tert-OH is 1. The molecule has 1 N–H and O–H groups in total. The SMILES string of the molecule is CC(C)[C@@H]1CC[C@@H](C)C[C@H]1OC(=O)COCCO. The van der Waals surface area contributed by atoms with E-state index < -0.39 is 0 Å². The molecule has 0 amide bonds. The molecule has 18 heavy (non-hydrogen) atoms. The van der Waals surface area contributed by atoms with Crippen LogP contribution in [0.1, 0.15) is 40.0 Å². The summed E-state index contributed by atoms with van der Waals surface area (Å²) < 4.78 is 10.5. The van der Waals surface area contributed by atoms with E-state index in [1.165, 1.54) is 6.42 Å². The fraction of sp³-hybridized carbons (Fsp3) is 0.929. The van der Waals surface area contributed by atoms with Gasteiger partial charge in [-0.15, -0.1) is 0 Å². The van der Waals surface area contributed by atoms with Crippen LogP contribution in [0.2, 0.25) is 0 Å². The Morgan fingerprint density at radius 1 is 1.39 bits per heavy atom. The van der Waals surface area contributed by atoms with Crippen LogP contribution in [-0.4, -0.2) is 37.0 Å². The van der Waals surface area contributed by atoms with E-state index in [-0.39, 0.29) is 31.9 Å². The predicted octanol–water partition coefficient (Wildman–Crippen LogP) is 2.00. The van der Waals surface area contributed by atoms with Gasteiger partial charge in [0.1, 0.15) is 12.7 Å². The number of carbonyl (C=O) groups is 1. The van der Waals surface area contributed by atoms with Crippen molar-refractivity contribution in [2.45, 2.75) is 46.1 Å². The summed E-state index contributed by atoms with van der Waals surface area (Å²) in [4.78, 5) is 11.6. The third-order valence-electron chi connectivity index (χ3n) is 3.70. The van der Waals surface area contributed by atoms with Crippen LogP contribution in [0.4, 0.5) is 0 Å². The van der Waals surface area contributed by atoms with Crippen molar-refractivity contribution in [1.82, 2.24) is 0 Å². The third-order valence-corrected chi connectivity index (χ3v) is 3.70. The number of ether oxygens (including phenoxy) is 2. The molecule has 0 radical (unpaired) electrons. The van der Waals surface area contributed by atoms with Gasteiger partial charge in [-0.05, 0) is 30.6 Å². The van der Waals surface area contributed by atoms with E-state index in [0.29, 0.717) is 17.8 Å². The molecular formula is C14H26O4. The van der Waals surface area contributed by atoms with Crippen LogP contribution in [0.25, 0.3) is 0 Å². The lowest BCUT2D eigenvalue weighted by atomic mass is 9.75. The molecule has 0 spiro atoms. The minimum atomic E-state index is -0.312. The van der Waals surface area contributed by atoms with E-state index >= 15 is 0 Å². The first-order valence-electron chi connectivity index (χ1n) is 6.92. The maximum atomic E-state index is 11.6. The van der Waals surface area contributed by atoms with E-state index in [1.54, 1.807) is 0 Å². The van der Waals surface area contributed by atoms with Gasteiger partial charge < -0.3 is 14.6 Å². The lowest BCUT2D eigenvalue weighted by Crippen LogP contribution is -2.36. The molecule has 0 aromatic carbocycles. The maximum absolute atomic E-state index is 11.6. The Bertz CT molecular complexity index is 252. The minimum absolute atomic E-state index is 0.0268. The Morgan fingerprint density at radius 2 is 2.11 bits per heavy atom. The first-order chi connectivity index (χ1) is 8.54. The van der Waals surface area contributed by atoms with Crippen molar-refractivity contribution < 1.29 is 19.4 Å². The van der Waals surface area contributed by atoms with E-state index in [2.05, 4.69) is 20.8 Å². The van der Waals surface area contributed by atoms with Gasteiger partial charge >= 0.3 is 5.97 Å². The van der Waals surface area contributed by atoms with Gasteiger partial charge in [-0.1, -0.05) is 27.2 Å². The van der Waals surface area contributed by atoms with Gasteiger partial charge in [0.25, 0.3) is 0 Å². The smallest absolute Gasteiger partial charge is 0.332 e. The van der Waals surface area contributed by atoms with Gasteiger partial charge in [0.05, 0.1) is 13.2 Å². The van der Waals surface area contributed by atoms with E-state index in [0.717, 1.165) is 12.8 Å². The zero-order chi connectivity index (χ0) is 13.5. The molecule has 0 bridgehead atoms. The average molecular weight is 258 g/mol. The maximum Gasteiger partial charge on any atom is 0.332 e. The Hall–Kier alpha value is -0.610. The summed E-state index contributed by atoms with van der Waals surface area (Å²) in [6, 6.07) is 0. The van der Waals surface area contributed by atoms with Crippen molar-refractivity contribution in [2.75, 3.05) is 19.8 Å². The summed E-state index contributed by atoms with van der Waals surface area (Å²) in [5.41, 5.74) is 0. The van der Waals surface area contributed by atoms with E-state index in [9.17, 15) is 4.79 Å². The molecule has 1 aliphatic rings. The van der Waals surface area contributed by atoms with Crippen LogP contribution in [0, 0.1) is 17.8 Å². The molecule has 0 heterocycles. The molecule has 1 rings (SSSR count). The number of esters is 1. The zero-order valence-corrected chi connectivity index (χ0v) is 11.7. The molecule has 0 aromatic rings. The Morgan fingerprint density at radius 3 is 2.72 bits per heavy atom. The fourth-order valence-electron chi connectivity index (χ4n) is 2.67. The van der Waals surface area contributed by atoms with Crippen molar-refractivity contribution in [3.8, 4) is 0 Å². The summed E-state index contributed by atoms with van der Waals surface area (Å²) >= 11 is 0. The zero-order valence-electron chi connectivity index (χ0n) is 11.7. The van der Waals surface area contributed by atoms with Crippen LogP contribution in [0.3, 0.4) is 0 Å². The minimum Gasteiger partial charge on any atom is -0.460 e. The van der Waals surface area contributed by atoms with E-state index in [1.807, 2.05) is 0 Å². The number of aliphatic hydroxyl groups is 1. The van der Waals surface area contributed by atoms with Crippen LogP contribution >= 0.6 is 0 Å². The van der Waals surface area contributed by atoms with Gasteiger partial charge in [0, 0.05) is 0 Å². The van der Waals surface area contributed by atoms with Crippen LogP contribution in [0.5, 0.6) is 0 Å². The molecule has 1 saturated carbocycles. The Labute approximate surface area is 110 Å². The standard InChI is InChI=1S/C14H26O4/c1-10(2)12-5-4-11(3)8-13(12)18-14(16)9-17-7-6-15/h10-13,15H,4-9H2,1-3H3/t11-,12+,13-/m1/s1. The molecule has 1 aliphatic carbocycles. The summed E-state index contributed by atoms with van der Waals surface area (Å²) in [5.74, 6) is 1.31. The first-order valence-corrected chi connectivity index (χ1v) is 6.92. The van der Waals surface area contributed by atoms with Crippen LogP contribution in [-0.2, 0) is 14.3 Å². The van der Waals surface area contributed by atoms with Gasteiger partial charge in [-0.25, -0.2) is 4.79 Å². The average Bonchev–Trinajstić information content (AvgIpc) is 2.29. The number of rotatable bonds is 6. The predicted molar refractivity (Wildman–Crippen MR) is 69.1 cm³/mol. The lowest BCUT2D eigenvalue weighted by Gasteiger charge is -2.36. The summed E-state index contributed by atoms with van der Waals surface area (Å²) in [6.45, 7) is 6.63. The number of carbonyl (C=O) groups excluding carboxylic acids is 1. The molecule has 0 aromatic heterocycles. The van der Waals surface area contributed by atoms with Crippen molar-refractivity contribution in [1.29, 1.82) is 0 Å². The third kappa shape index (κ3) is 4.94. The summed E-state index contributed by atoms with van der Waals surface area (Å²) in [5, 5.41) is 8.57. The van der Waals surface area contributed by atoms with Gasteiger partial charge in [-0.3, -0.25) is 0 Å². The molecule has 0 unspecified atom stereocenters. The largest absolute Gasteiger partial charge is 0.460 e. The lowest BCUT2D eigenvalue weighted by molar-refractivity contribution is -0.161. The molecule has 0 aliphatic heterocycles. The second-order valence-electron chi connectivity index (χ2n) is 5.63. The number of hydrogen-bond donors (Lipinski definition) is 1. The second kappa shape index (κ2) is 7.74. The quantitative estimate of drug-likeness (QED) is 0.585. The first kappa shape index (κ1) is 15.4. The fourth-order valence-corrected chi connectivity index (χ4v) is 2.67. The molecule has 106 valence electrons. The summed E-state index contributed by atoms with van der Waals surface area (Å²) in [6.07, 6.45) is 3.33. The van der Waals surface area contributed by atoms with Gasteiger partial charge in [0.2, 0.25) is 0 Å². The molecule has 0 saturated heterocycles. The highest BCUT2D eigenvalue weighted by Crippen LogP contribution is 2.35. The Balaban J connectivity index is 2.42. The normalized spacial score (nSPS) is 28.4.